The van der Waals surface area contributed by atoms with Gasteiger partial charge in [0.15, 0.2) is 0 Å². The first kappa shape index (κ1) is 16.3. The van der Waals surface area contributed by atoms with Crippen LogP contribution in [0.2, 0.25) is 0 Å². The van der Waals surface area contributed by atoms with Crippen molar-refractivity contribution in [2.75, 3.05) is 23.3 Å². The lowest BCUT2D eigenvalue weighted by Gasteiger charge is -2.40. The molecule has 1 aliphatic carbocycles. The zero-order valence-electron chi connectivity index (χ0n) is 15.8. The van der Waals surface area contributed by atoms with Gasteiger partial charge in [-0.15, -0.1) is 0 Å². The van der Waals surface area contributed by atoms with Crippen molar-refractivity contribution in [1.82, 2.24) is 4.90 Å². The van der Waals surface area contributed by atoms with E-state index in [2.05, 4.69) is 64.2 Å². The van der Waals surface area contributed by atoms with Crippen molar-refractivity contribution in [2.24, 2.45) is 0 Å². The topological polar surface area (TPSA) is 38.7 Å². The molecule has 1 unspecified atom stereocenters. The summed E-state index contributed by atoms with van der Waals surface area (Å²) in [7, 11) is 0. The first-order chi connectivity index (χ1) is 13.8. The number of hydrogen-bond donors (Lipinski definition) is 2. The van der Waals surface area contributed by atoms with Crippen LogP contribution < -0.4 is 10.2 Å². The third kappa shape index (κ3) is 2.34. The molecule has 1 fully saturated rings. The number of rotatable bonds is 2. The van der Waals surface area contributed by atoms with Gasteiger partial charge in [-0.25, -0.2) is 0 Å². The van der Waals surface area contributed by atoms with Crippen molar-refractivity contribution in [3.63, 3.8) is 0 Å². The first-order valence-electron chi connectivity index (χ1n) is 10.2. The second-order valence-corrected chi connectivity index (χ2v) is 8.20. The van der Waals surface area contributed by atoms with E-state index in [9.17, 15) is 5.11 Å². The highest BCUT2D eigenvalue weighted by Gasteiger charge is 2.36. The number of phenolic OH excluding ortho intramolecular Hbond substituents is 1. The van der Waals surface area contributed by atoms with Crippen LogP contribution in [0, 0.1) is 6.67 Å². The average Bonchev–Trinajstić information content (AvgIpc) is 3.34. The number of aromatic hydroxyl groups is 1. The Kier molecular flexibility index (Phi) is 3.57. The summed E-state index contributed by atoms with van der Waals surface area (Å²) < 4.78 is 0. The summed E-state index contributed by atoms with van der Waals surface area (Å²) in [5.41, 5.74) is 5.01. The Morgan fingerprint density at radius 3 is 2.68 bits per heavy atom. The molecule has 4 nitrogen and oxygen atoms in total. The molecule has 141 valence electrons. The van der Waals surface area contributed by atoms with Crippen LogP contribution in [0.1, 0.15) is 30.0 Å². The number of fused-ring (bicyclic) bond motifs is 1. The molecule has 0 saturated carbocycles. The summed E-state index contributed by atoms with van der Waals surface area (Å²) in [6.07, 6.45) is 3.28. The summed E-state index contributed by atoms with van der Waals surface area (Å²) in [5, 5.41) is 16.6. The molecule has 1 saturated heterocycles. The summed E-state index contributed by atoms with van der Waals surface area (Å²) >= 11 is 0. The van der Waals surface area contributed by atoms with Crippen LogP contribution in [-0.2, 0) is 6.42 Å². The van der Waals surface area contributed by atoms with Crippen molar-refractivity contribution < 1.29 is 5.11 Å². The number of benzene rings is 3. The first-order valence-corrected chi connectivity index (χ1v) is 10.2. The summed E-state index contributed by atoms with van der Waals surface area (Å²) in [6, 6.07) is 19.8. The molecular weight excluding hydrogens is 346 g/mol. The zero-order chi connectivity index (χ0) is 18.7. The largest absolute Gasteiger partial charge is 0.508 e. The van der Waals surface area contributed by atoms with E-state index in [1.54, 1.807) is 0 Å². The van der Waals surface area contributed by atoms with Gasteiger partial charge in [0.1, 0.15) is 12.4 Å². The number of nitrogens with zero attached hydrogens (tertiary/aromatic N) is 2. The van der Waals surface area contributed by atoms with Gasteiger partial charge in [-0.2, -0.15) is 0 Å². The van der Waals surface area contributed by atoms with Crippen LogP contribution in [0.5, 0.6) is 5.75 Å². The molecule has 0 spiro atoms. The summed E-state index contributed by atoms with van der Waals surface area (Å²) in [5.74, 6) is 0.454. The molecule has 2 aliphatic heterocycles. The van der Waals surface area contributed by atoms with E-state index in [-0.39, 0.29) is 0 Å². The Bertz CT molecular complexity index is 1050. The monoisotopic (exact) mass is 370 g/mol. The van der Waals surface area contributed by atoms with Gasteiger partial charge in [0, 0.05) is 30.7 Å². The molecule has 0 bridgehead atoms. The van der Waals surface area contributed by atoms with E-state index in [1.807, 2.05) is 12.1 Å². The molecule has 6 rings (SSSR count). The van der Waals surface area contributed by atoms with E-state index >= 15 is 0 Å². The maximum atomic E-state index is 10.6. The fourth-order valence-electron chi connectivity index (χ4n) is 5.41. The molecule has 3 aliphatic rings. The lowest BCUT2D eigenvalue weighted by molar-refractivity contribution is 0.153. The predicted molar refractivity (Wildman–Crippen MR) is 113 cm³/mol. The summed E-state index contributed by atoms with van der Waals surface area (Å²) in [6.45, 7) is 4.25. The number of para-hydroxylation sites is 2. The minimum Gasteiger partial charge on any atom is -0.508 e. The molecule has 2 N–H and O–H groups in total. The average molecular weight is 370 g/mol. The van der Waals surface area contributed by atoms with Crippen molar-refractivity contribution in [3.8, 4) is 5.75 Å². The maximum absolute atomic E-state index is 10.6. The van der Waals surface area contributed by atoms with Gasteiger partial charge in [0.05, 0.1) is 11.4 Å². The molecule has 2 heterocycles. The Morgan fingerprint density at radius 1 is 0.929 bits per heavy atom. The Hall–Kier alpha value is -2.72. The zero-order valence-corrected chi connectivity index (χ0v) is 15.8. The van der Waals surface area contributed by atoms with Crippen molar-refractivity contribution in [2.45, 2.75) is 31.3 Å². The molecule has 1 radical (unpaired) electrons. The molecule has 3 aromatic rings. The lowest BCUT2D eigenvalue weighted by Crippen LogP contribution is -2.44. The van der Waals surface area contributed by atoms with Crippen molar-refractivity contribution >= 4 is 22.1 Å². The lowest BCUT2D eigenvalue weighted by atomic mass is 9.98. The van der Waals surface area contributed by atoms with Crippen LogP contribution in [0.25, 0.3) is 10.8 Å². The van der Waals surface area contributed by atoms with Crippen LogP contribution in [0.3, 0.4) is 0 Å². The minimum atomic E-state index is 0.301. The van der Waals surface area contributed by atoms with Crippen LogP contribution in [0.15, 0.2) is 54.6 Å². The number of hydrogen-bond acceptors (Lipinski definition) is 4. The smallest absolute Gasteiger partial charge is 0.139 e. The van der Waals surface area contributed by atoms with E-state index in [0.29, 0.717) is 17.8 Å². The number of anilines is 2. The molecular formula is C24H24N3O. The number of likely N-dealkylation sites (tertiary alicyclic amines) is 1. The van der Waals surface area contributed by atoms with E-state index in [1.165, 1.54) is 27.7 Å². The molecule has 4 heteroatoms. The molecule has 0 aromatic heterocycles. The fraction of sp³-hybridized carbons (Fsp3) is 0.292. The summed E-state index contributed by atoms with van der Waals surface area (Å²) in [4.78, 5) is 4.99. The third-order valence-electron chi connectivity index (χ3n) is 6.77. The maximum Gasteiger partial charge on any atom is 0.139 e. The second-order valence-electron chi connectivity index (χ2n) is 8.20. The SMILES string of the molecule is Oc1ccc2cccc3c2c1C(N1CCC(N2[CH]Nc4ccccc42)CC1)C3. The van der Waals surface area contributed by atoms with Gasteiger partial charge in [-0.1, -0.05) is 36.4 Å². The highest BCUT2D eigenvalue weighted by atomic mass is 16.3. The number of phenols is 1. The van der Waals surface area contributed by atoms with Gasteiger partial charge in [-0.05, 0) is 53.8 Å². The molecule has 3 aromatic carbocycles. The van der Waals surface area contributed by atoms with E-state index in [0.717, 1.165) is 37.9 Å². The normalized spacial score (nSPS) is 21.9. The Labute approximate surface area is 165 Å². The van der Waals surface area contributed by atoms with Gasteiger partial charge < -0.3 is 15.3 Å². The molecule has 28 heavy (non-hydrogen) atoms. The Balaban J connectivity index is 1.23. The van der Waals surface area contributed by atoms with Crippen molar-refractivity contribution in [3.05, 3.63) is 72.4 Å². The van der Waals surface area contributed by atoms with Crippen LogP contribution in [0.4, 0.5) is 11.4 Å². The highest BCUT2D eigenvalue weighted by molar-refractivity contribution is 5.93. The van der Waals surface area contributed by atoms with Gasteiger partial charge in [-0.3, -0.25) is 4.90 Å². The molecule has 1 atom stereocenters. The number of piperidine rings is 1. The predicted octanol–water partition coefficient (Wildman–Crippen LogP) is 4.66. The quantitative estimate of drug-likeness (QED) is 0.688. The van der Waals surface area contributed by atoms with Gasteiger partial charge in [0.25, 0.3) is 0 Å². The van der Waals surface area contributed by atoms with E-state index < -0.39 is 0 Å². The minimum absolute atomic E-state index is 0.301. The van der Waals surface area contributed by atoms with Crippen molar-refractivity contribution in [1.29, 1.82) is 0 Å². The highest BCUT2D eigenvalue weighted by Crippen LogP contribution is 2.46. The Morgan fingerprint density at radius 2 is 1.79 bits per heavy atom. The second kappa shape index (κ2) is 6.14. The number of nitrogens with one attached hydrogen (secondary N) is 1. The fourth-order valence-corrected chi connectivity index (χ4v) is 5.41. The van der Waals surface area contributed by atoms with Crippen LogP contribution in [-0.4, -0.2) is 29.1 Å². The standard InChI is InChI=1S/C24H24N3O/c28-22-9-8-16-4-3-5-17-14-21(24(22)23(16)17)26-12-10-18(11-13-26)27-15-25-19-6-1-2-7-20(19)27/h1-9,15,18,21,25,28H,10-14H2. The third-order valence-corrected chi connectivity index (χ3v) is 6.77. The van der Waals surface area contributed by atoms with Gasteiger partial charge in [0.2, 0.25) is 0 Å². The van der Waals surface area contributed by atoms with Crippen LogP contribution >= 0.6 is 0 Å². The van der Waals surface area contributed by atoms with E-state index in [4.69, 9.17) is 0 Å². The molecule has 0 amide bonds. The van der Waals surface area contributed by atoms with Gasteiger partial charge >= 0.3 is 0 Å².